The van der Waals surface area contributed by atoms with Crippen molar-refractivity contribution in [3.05, 3.63) is 23.9 Å². The molecule has 0 fully saturated rings. The Balaban J connectivity index is 1.87. The molecule has 0 saturated heterocycles. The molecule has 2 rings (SSSR count). The lowest BCUT2D eigenvalue weighted by atomic mass is 9.94. The Morgan fingerprint density at radius 1 is 1.65 bits per heavy atom. The lowest BCUT2D eigenvalue weighted by Crippen LogP contribution is -2.30. The molecule has 0 spiro atoms. The molecule has 1 aromatic heterocycles. The van der Waals surface area contributed by atoms with Crippen molar-refractivity contribution < 1.29 is 4.79 Å². The minimum absolute atomic E-state index is 0.109. The molecular weight excluding hydrogens is 216 g/mol. The SMILES string of the molecule is Cn1ncc(CNC(=O)C2CC=CCC2)c1N. The van der Waals surface area contributed by atoms with Crippen LogP contribution in [0.15, 0.2) is 18.3 Å². The van der Waals surface area contributed by atoms with E-state index in [2.05, 4.69) is 22.6 Å². The Hall–Kier alpha value is -1.78. The van der Waals surface area contributed by atoms with Crippen molar-refractivity contribution in [3.63, 3.8) is 0 Å². The van der Waals surface area contributed by atoms with Crippen LogP contribution in [0, 0.1) is 5.92 Å². The molecule has 3 N–H and O–H groups in total. The molecule has 0 saturated carbocycles. The number of aryl methyl sites for hydroxylation is 1. The van der Waals surface area contributed by atoms with E-state index in [1.165, 1.54) is 0 Å². The summed E-state index contributed by atoms with van der Waals surface area (Å²) in [4.78, 5) is 11.9. The summed E-state index contributed by atoms with van der Waals surface area (Å²) in [5.41, 5.74) is 6.67. The molecule has 1 unspecified atom stereocenters. The molecule has 0 aliphatic heterocycles. The monoisotopic (exact) mass is 234 g/mol. The van der Waals surface area contributed by atoms with Gasteiger partial charge in [-0.1, -0.05) is 12.2 Å². The van der Waals surface area contributed by atoms with E-state index in [-0.39, 0.29) is 11.8 Å². The highest BCUT2D eigenvalue weighted by atomic mass is 16.1. The number of hydrogen-bond donors (Lipinski definition) is 2. The van der Waals surface area contributed by atoms with Gasteiger partial charge in [0, 0.05) is 25.1 Å². The van der Waals surface area contributed by atoms with Gasteiger partial charge in [-0.05, 0) is 19.3 Å². The number of nitrogens with zero attached hydrogens (tertiary/aromatic N) is 2. The molecular formula is C12H18N4O. The molecule has 1 aliphatic rings. The maximum Gasteiger partial charge on any atom is 0.223 e. The van der Waals surface area contributed by atoms with Gasteiger partial charge in [0.05, 0.1) is 6.20 Å². The van der Waals surface area contributed by atoms with Crippen LogP contribution in [0.25, 0.3) is 0 Å². The van der Waals surface area contributed by atoms with Gasteiger partial charge in [0.1, 0.15) is 5.82 Å². The van der Waals surface area contributed by atoms with Crippen molar-refractivity contribution >= 4 is 11.7 Å². The van der Waals surface area contributed by atoms with Crippen LogP contribution in [0.1, 0.15) is 24.8 Å². The summed E-state index contributed by atoms with van der Waals surface area (Å²) in [5, 5.41) is 6.95. The van der Waals surface area contributed by atoms with Crippen molar-refractivity contribution in [1.82, 2.24) is 15.1 Å². The van der Waals surface area contributed by atoms with E-state index in [9.17, 15) is 4.79 Å². The predicted molar refractivity (Wildman–Crippen MR) is 65.9 cm³/mol. The largest absolute Gasteiger partial charge is 0.384 e. The van der Waals surface area contributed by atoms with Gasteiger partial charge in [0.2, 0.25) is 5.91 Å². The van der Waals surface area contributed by atoms with E-state index in [0.29, 0.717) is 12.4 Å². The third-order valence-corrected chi connectivity index (χ3v) is 3.16. The first-order valence-corrected chi connectivity index (χ1v) is 5.87. The van der Waals surface area contributed by atoms with E-state index in [0.717, 1.165) is 24.8 Å². The molecule has 0 bridgehead atoms. The van der Waals surface area contributed by atoms with Crippen LogP contribution in [0.4, 0.5) is 5.82 Å². The molecule has 1 atom stereocenters. The van der Waals surface area contributed by atoms with Crippen molar-refractivity contribution in [2.45, 2.75) is 25.8 Å². The highest BCUT2D eigenvalue weighted by Gasteiger charge is 2.18. The summed E-state index contributed by atoms with van der Waals surface area (Å²) in [6.07, 6.45) is 8.66. The van der Waals surface area contributed by atoms with Gasteiger partial charge in [-0.15, -0.1) is 0 Å². The van der Waals surface area contributed by atoms with E-state index in [4.69, 9.17) is 5.73 Å². The average molecular weight is 234 g/mol. The molecule has 5 nitrogen and oxygen atoms in total. The molecule has 17 heavy (non-hydrogen) atoms. The molecule has 92 valence electrons. The van der Waals surface area contributed by atoms with E-state index in [1.807, 2.05) is 0 Å². The number of amides is 1. The molecule has 1 amide bonds. The number of anilines is 1. The maximum atomic E-state index is 11.9. The van der Waals surface area contributed by atoms with Crippen LogP contribution >= 0.6 is 0 Å². The zero-order chi connectivity index (χ0) is 12.3. The lowest BCUT2D eigenvalue weighted by Gasteiger charge is -2.17. The molecule has 0 aromatic carbocycles. The first kappa shape index (κ1) is 11.7. The second kappa shape index (κ2) is 5.03. The fourth-order valence-electron chi connectivity index (χ4n) is 1.99. The van der Waals surface area contributed by atoms with Crippen LogP contribution in [0.3, 0.4) is 0 Å². The van der Waals surface area contributed by atoms with Crippen LogP contribution in [-0.4, -0.2) is 15.7 Å². The summed E-state index contributed by atoms with van der Waals surface area (Å²) >= 11 is 0. The zero-order valence-electron chi connectivity index (χ0n) is 10.0. The van der Waals surface area contributed by atoms with Gasteiger partial charge in [0.15, 0.2) is 0 Å². The van der Waals surface area contributed by atoms with E-state index >= 15 is 0 Å². The summed E-state index contributed by atoms with van der Waals surface area (Å²) in [5.74, 6) is 0.823. The number of carbonyl (C=O) groups excluding carboxylic acids is 1. The third kappa shape index (κ3) is 2.67. The average Bonchev–Trinajstić information content (AvgIpc) is 2.68. The Labute approximate surface area is 101 Å². The predicted octanol–water partition coefficient (Wildman–Crippen LogP) is 0.975. The smallest absolute Gasteiger partial charge is 0.223 e. The van der Waals surface area contributed by atoms with Gasteiger partial charge in [-0.2, -0.15) is 5.10 Å². The quantitative estimate of drug-likeness (QED) is 0.765. The first-order valence-electron chi connectivity index (χ1n) is 5.87. The van der Waals surface area contributed by atoms with Gasteiger partial charge < -0.3 is 11.1 Å². The van der Waals surface area contributed by atoms with Crippen molar-refractivity contribution in [2.75, 3.05) is 5.73 Å². The Kier molecular flexibility index (Phi) is 3.46. The molecule has 5 heteroatoms. The van der Waals surface area contributed by atoms with Gasteiger partial charge in [0.25, 0.3) is 0 Å². The van der Waals surface area contributed by atoms with E-state index in [1.54, 1.807) is 17.9 Å². The van der Waals surface area contributed by atoms with Crippen LogP contribution in [0.5, 0.6) is 0 Å². The summed E-state index contributed by atoms with van der Waals surface area (Å²) in [6, 6.07) is 0. The zero-order valence-corrected chi connectivity index (χ0v) is 10.0. The number of rotatable bonds is 3. The first-order chi connectivity index (χ1) is 8.18. The number of nitrogen functional groups attached to an aromatic ring is 1. The van der Waals surface area contributed by atoms with Crippen LogP contribution < -0.4 is 11.1 Å². The third-order valence-electron chi connectivity index (χ3n) is 3.16. The minimum atomic E-state index is 0.109. The van der Waals surface area contributed by atoms with Crippen molar-refractivity contribution in [1.29, 1.82) is 0 Å². The highest BCUT2D eigenvalue weighted by molar-refractivity contribution is 5.79. The fraction of sp³-hybridized carbons (Fsp3) is 0.500. The van der Waals surface area contributed by atoms with E-state index < -0.39 is 0 Å². The number of aromatic nitrogens is 2. The number of carbonyl (C=O) groups is 1. The Morgan fingerprint density at radius 2 is 2.47 bits per heavy atom. The second-order valence-corrected chi connectivity index (χ2v) is 4.38. The Bertz CT molecular complexity index is 436. The van der Waals surface area contributed by atoms with Gasteiger partial charge >= 0.3 is 0 Å². The fourth-order valence-corrected chi connectivity index (χ4v) is 1.99. The van der Waals surface area contributed by atoms with Crippen LogP contribution in [0.2, 0.25) is 0 Å². The van der Waals surface area contributed by atoms with Crippen molar-refractivity contribution in [3.8, 4) is 0 Å². The minimum Gasteiger partial charge on any atom is -0.384 e. The molecule has 1 aliphatic carbocycles. The van der Waals surface area contributed by atoms with Crippen molar-refractivity contribution in [2.24, 2.45) is 13.0 Å². The summed E-state index contributed by atoms with van der Waals surface area (Å²) < 4.78 is 1.60. The Morgan fingerprint density at radius 3 is 3.06 bits per heavy atom. The lowest BCUT2D eigenvalue weighted by molar-refractivity contribution is -0.125. The normalized spacial score (nSPS) is 19.2. The topological polar surface area (TPSA) is 72.9 Å². The number of allylic oxidation sites excluding steroid dienone is 2. The van der Waals surface area contributed by atoms with Gasteiger partial charge in [-0.3, -0.25) is 9.48 Å². The maximum absolute atomic E-state index is 11.9. The number of nitrogens with two attached hydrogens (primary N) is 1. The standard InChI is InChI=1S/C12H18N4O/c1-16-11(13)10(8-15-16)7-14-12(17)9-5-3-2-4-6-9/h2-3,8-9H,4-7,13H2,1H3,(H,14,17). The summed E-state index contributed by atoms with van der Waals surface area (Å²) in [6.45, 7) is 0.457. The second-order valence-electron chi connectivity index (χ2n) is 4.38. The number of nitrogens with one attached hydrogen (secondary N) is 1. The molecule has 1 aromatic rings. The molecule has 0 radical (unpaired) electrons. The van der Waals surface area contributed by atoms with Crippen LogP contribution in [-0.2, 0) is 18.4 Å². The van der Waals surface area contributed by atoms with Gasteiger partial charge in [-0.25, -0.2) is 0 Å². The molecule has 1 heterocycles. The highest BCUT2D eigenvalue weighted by Crippen LogP contribution is 2.18. The number of hydrogen-bond acceptors (Lipinski definition) is 3. The summed E-state index contributed by atoms with van der Waals surface area (Å²) in [7, 11) is 1.78.